The number of guanidine groups is 1. The molecule has 1 aromatic heterocycles. The summed E-state index contributed by atoms with van der Waals surface area (Å²) in [6.07, 6.45) is 0. The summed E-state index contributed by atoms with van der Waals surface area (Å²) in [5.41, 5.74) is 1.24. The molecule has 108 valence electrons. The number of rotatable bonds is 5. The van der Waals surface area contributed by atoms with Gasteiger partial charge in [-0.25, -0.2) is 4.98 Å². The number of hydrogen-bond acceptors (Lipinski definition) is 4. The minimum absolute atomic E-state index is 0.104. The molecule has 0 saturated heterocycles. The number of nitrogens with zero attached hydrogens (tertiary/aromatic N) is 2. The van der Waals surface area contributed by atoms with E-state index in [4.69, 9.17) is 4.74 Å². The molecule has 0 aromatic carbocycles. The third-order valence-corrected chi connectivity index (χ3v) is 3.40. The molecule has 0 fully saturated rings. The van der Waals surface area contributed by atoms with E-state index in [9.17, 15) is 0 Å². The molecule has 0 aliphatic rings. The third kappa shape index (κ3) is 5.57. The van der Waals surface area contributed by atoms with E-state index in [2.05, 4.69) is 46.8 Å². The molecule has 19 heavy (non-hydrogen) atoms. The summed E-state index contributed by atoms with van der Waals surface area (Å²) >= 11 is 1.68. The van der Waals surface area contributed by atoms with Gasteiger partial charge in [-0.3, -0.25) is 4.99 Å². The van der Waals surface area contributed by atoms with Crippen molar-refractivity contribution in [1.82, 2.24) is 15.6 Å². The number of nitrogens with one attached hydrogen (secondary N) is 2. The summed E-state index contributed by atoms with van der Waals surface area (Å²) in [6.45, 7) is 8.60. The van der Waals surface area contributed by atoms with Crippen molar-refractivity contribution >= 4 is 17.3 Å². The second-order valence-corrected chi connectivity index (χ2v) is 6.16. The monoisotopic (exact) mass is 284 g/mol. The molecule has 1 heterocycles. The van der Waals surface area contributed by atoms with Crippen molar-refractivity contribution < 1.29 is 4.74 Å². The van der Waals surface area contributed by atoms with Crippen LogP contribution in [0.25, 0.3) is 0 Å². The standard InChI is InChI=1S/C13H24N4OS/c1-13(2,3)10-9-19-11(17-10)8-16-12(14-4)15-6-7-18-5/h9H,6-8H2,1-5H3,(H2,14,15,16). The van der Waals surface area contributed by atoms with Gasteiger partial charge in [0.1, 0.15) is 5.01 Å². The number of hydrogen-bond donors (Lipinski definition) is 2. The largest absolute Gasteiger partial charge is 0.383 e. The van der Waals surface area contributed by atoms with Crippen molar-refractivity contribution in [2.75, 3.05) is 27.3 Å². The van der Waals surface area contributed by atoms with Crippen LogP contribution in [0.15, 0.2) is 10.4 Å². The van der Waals surface area contributed by atoms with Gasteiger partial charge in [-0.05, 0) is 0 Å². The lowest BCUT2D eigenvalue weighted by Crippen LogP contribution is -2.38. The van der Waals surface area contributed by atoms with Crippen LogP contribution in [-0.4, -0.2) is 38.3 Å². The molecule has 0 amide bonds. The first-order chi connectivity index (χ1) is 8.97. The summed E-state index contributed by atoms with van der Waals surface area (Å²) < 4.78 is 4.98. The van der Waals surface area contributed by atoms with Gasteiger partial charge in [0.2, 0.25) is 0 Å². The van der Waals surface area contributed by atoms with E-state index in [1.54, 1.807) is 25.5 Å². The van der Waals surface area contributed by atoms with Crippen LogP contribution >= 0.6 is 11.3 Å². The second kappa shape index (κ2) is 7.45. The van der Waals surface area contributed by atoms with Crippen molar-refractivity contribution in [3.63, 3.8) is 0 Å². The molecular weight excluding hydrogens is 260 g/mol. The Morgan fingerprint density at radius 3 is 2.68 bits per heavy atom. The molecule has 1 rings (SSSR count). The number of methoxy groups -OCH3 is 1. The van der Waals surface area contributed by atoms with Crippen LogP contribution in [0.5, 0.6) is 0 Å². The zero-order chi connectivity index (χ0) is 14.3. The highest BCUT2D eigenvalue weighted by atomic mass is 32.1. The molecule has 0 saturated carbocycles. The van der Waals surface area contributed by atoms with Gasteiger partial charge in [-0.15, -0.1) is 11.3 Å². The maximum atomic E-state index is 4.98. The Morgan fingerprint density at radius 1 is 1.42 bits per heavy atom. The molecule has 0 spiro atoms. The highest BCUT2D eigenvalue weighted by molar-refractivity contribution is 7.09. The van der Waals surface area contributed by atoms with Crippen LogP contribution in [0, 0.1) is 0 Å². The van der Waals surface area contributed by atoms with E-state index in [0.29, 0.717) is 13.2 Å². The first-order valence-corrected chi connectivity index (χ1v) is 7.23. The quantitative estimate of drug-likeness (QED) is 0.491. The fourth-order valence-corrected chi connectivity index (χ4v) is 2.35. The minimum Gasteiger partial charge on any atom is -0.383 e. The van der Waals surface area contributed by atoms with Crippen molar-refractivity contribution in [2.45, 2.75) is 32.7 Å². The molecule has 0 radical (unpaired) electrons. The summed E-state index contributed by atoms with van der Waals surface area (Å²) in [5, 5.41) is 9.60. The van der Waals surface area contributed by atoms with Gasteiger partial charge < -0.3 is 15.4 Å². The van der Waals surface area contributed by atoms with Gasteiger partial charge in [0, 0.05) is 31.5 Å². The second-order valence-electron chi connectivity index (χ2n) is 5.22. The van der Waals surface area contributed by atoms with E-state index in [-0.39, 0.29) is 5.41 Å². The summed E-state index contributed by atoms with van der Waals surface area (Å²) in [7, 11) is 3.44. The lowest BCUT2D eigenvalue weighted by Gasteiger charge is -2.14. The number of aliphatic imine (C=N–C) groups is 1. The summed E-state index contributed by atoms with van der Waals surface area (Å²) in [5.74, 6) is 0.768. The van der Waals surface area contributed by atoms with Gasteiger partial charge in [-0.1, -0.05) is 20.8 Å². The Balaban J connectivity index is 2.45. The molecule has 5 nitrogen and oxygen atoms in total. The van der Waals surface area contributed by atoms with E-state index >= 15 is 0 Å². The molecule has 0 aliphatic heterocycles. The molecule has 0 aliphatic carbocycles. The Hall–Kier alpha value is -1.14. The van der Waals surface area contributed by atoms with Gasteiger partial charge >= 0.3 is 0 Å². The van der Waals surface area contributed by atoms with Crippen molar-refractivity contribution in [1.29, 1.82) is 0 Å². The summed E-state index contributed by atoms with van der Waals surface area (Å²) in [6, 6.07) is 0. The Morgan fingerprint density at radius 2 is 2.16 bits per heavy atom. The topological polar surface area (TPSA) is 58.5 Å². The third-order valence-electron chi connectivity index (χ3n) is 2.55. The molecule has 6 heteroatoms. The van der Waals surface area contributed by atoms with Crippen LogP contribution in [0.3, 0.4) is 0 Å². The number of thiazole rings is 1. The lowest BCUT2D eigenvalue weighted by molar-refractivity contribution is 0.203. The fraction of sp³-hybridized carbons (Fsp3) is 0.692. The first-order valence-electron chi connectivity index (χ1n) is 6.35. The van der Waals surface area contributed by atoms with Crippen molar-refractivity contribution in [3.8, 4) is 0 Å². The molecule has 0 unspecified atom stereocenters. The highest BCUT2D eigenvalue weighted by Crippen LogP contribution is 2.23. The highest BCUT2D eigenvalue weighted by Gasteiger charge is 2.17. The molecule has 2 N–H and O–H groups in total. The Labute approximate surface area is 119 Å². The van der Waals surface area contributed by atoms with Crippen LogP contribution in [-0.2, 0) is 16.7 Å². The smallest absolute Gasteiger partial charge is 0.191 e. The number of ether oxygens (including phenoxy) is 1. The van der Waals surface area contributed by atoms with E-state index in [1.165, 1.54) is 0 Å². The number of aromatic nitrogens is 1. The zero-order valence-electron chi connectivity index (χ0n) is 12.4. The fourth-order valence-electron chi connectivity index (χ4n) is 1.39. The van der Waals surface area contributed by atoms with Gasteiger partial charge in [0.15, 0.2) is 5.96 Å². The molecule has 1 aromatic rings. The van der Waals surface area contributed by atoms with Crippen molar-refractivity contribution in [3.05, 3.63) is 16.1 Å². The van der Waals surface area contributed by atoms with Crippen LogP contribution < -0.4 is 10.6 Å². The average Bonchev–Trinajstić information content (AvgIpc) is 2.82. The van der Waals surface area contributed by atoms with Crippen LogP contribution in [0.1, 0.15) is 31.5 Å². The molecule has 0 atom stereocenters. The predicted octanol–water partition coefficient (Wildman–Crippen LogP) is 1.75. The lowest BCUT2D eigenvalue weighted by atomic mass is 9.93. The zero-order valence-corrected chi connectivity index (χ0v) is 13.2. The van der Waals surface area contributed by atoms with E-state index in [1.807, 2.05) is 0 Å². The van der Waals surface area contributed by atoms with Gasteiger partial charge in [0.05, 0.1) is 18.8 Å². The maximum Gasteiger partial charge on any atom is 0.191 e. The van der Waals surface area contributed by atoms with E-state index in [0.717, 1.165) is 23.2 Å². The Bertz CT molecular complexity index is 409. The molecular formula is C13H24N4OS. The molecule has 0 bridgehead atoms. The maximum absolute atomic E-state index is 4.98. The Kier molecular flexibility index (Phi) is 6.24. The minimum atomic E-state index is 0.104. The van der Waals surface area contributed by atoms with E-state index < -0.39 is 0 Å². The predicted molar refractivity (Wildman–Crippen MR) is 80.9 cm³/mol. The van der Waals surface area contributed by atoms with Crippen molar-refractivity contribution in [2.24, 2.45) is 4.99 Å². The van der Waals surface area contributed by atoms with Crippen LogP contribution in [0.2, 0.25) is 0 Å². The first kappa shape index (κ1) is 15.9. The normalized spacial score (nSPS) is 12.6. The van der Waals surface area contributed by atoms with Gasteiger partial charge in [0.25, 0.3) is 0 Å². The summed E-state index contributed by atoms with van der Waals surface area (Å²) in [4.78, 5) is 8.78. The van der Waals surface area contributed by atoms with Crippen LogP contribution in [0.4, 0.5) is 0 Å². The average molecular weight is 284 g/mol. The van der Waals surface area contributed by atoms with Gasteiger partial charge in [-0.2, -0.15) is 0 Å². The SMILES string of the molecule is CN=C(NCCOC)NCc1nc(C(C)(C)C)cs1.